The van der Waals surface area contributed by atoms with Crippen molar-refractivity contribution < 1.29 is 24.0 Å². The molecular formula is C24H15BrClN3O6. The summed E-state index contributed by atoms with van der Waals surface area (Å²) in [6, 6.07) is 13.3. The molecule has 1 fully saturated rings. The Balaban J connectivity index is 1.62. The Hall–Kier alpha value is -3.76. The van der Waals surface area contributed by atoms with Gasteiger partial charge in [-0.1, -0.05) is 27.5 Å². The highest BCUT2D eigenvalue weighted by atomic mass is 79.9. The van der Waals surface area contributed by atoms with Crippen molar-refractivity contribution in [1.82, 2.24) is 4.90 Å². The quantitative estimate of drug-likeness (QED) is 0.194. The van der Waals surface area contributed by atoms with Crippen LogP contribution in [0.2, 0.25) is 5.02 Å². The number of carbonyl (C=O) groups is 3. The van der Waals surface area contributed by atoms with E-state index < -0.39 is 34.7 Å². The monoisotopic (exact) mass is 555 g/mol. The van der Waals surface area contributed by atoms with Crippen LogP contribution in [0.4, 0.5) is 11.4 Å². The van der Waals surface area contributed by atoms with Gasteiger partial charge in [0, 0.05) is 32.9 Å². The summed E-state index contributed by atoms with van der Waals surface area (Å²) >= 11 is 9.45. The molecule has 35 heavy (non-hydrogen) atoms. The van der Waals surface area contributed by atoms with Gasteiger partial charge in [-0.3, -0.25) is 29.4 Å². The predicted octanol–water partition coefficient (Wildman–Crippen LogP) is 4.77. The fourth-order valence-corrected chi connectivity index (χ4v) is 4.98. The highest BCUT2D eigenvalue weighted by Gasteiger charge is 2.58. The normalized spacial score (nSPS) is 19.0. The number of imide groups is 1. The number of methoxy groups -OCH3 is 1. The molecular weight excluding hydrogens is 542 g/mol. The van der Waals surface area contributed by atoms with Crippen LogP contribution in [-0.2, 0) is 4.79 Å². The molecule has 11 heteroatoms. The number of hydrogen-bond acceptors (Lipinski definition) is 6. The van der Waals surface area contributed by atoms with E-state index in [-0.39, 0.29) is 16.8 Å². The summed E-state index contributed by atoms with van der Waals surface area (Å²) in [6.45, 7) is 0. The van der Waals surface area contributed by atoms with E-state index in [1.165, 1.54) is 18.1 Å². The van der Waals surface area contributed by atoms with E-state index in [0.29, 0.717) is 26.5 Å². The Morgan fingerprint density at radius 1 is 0.914 bits per heavy atom. The fraction of sp³-hybridized carbons (Fsp3) is 0.125. The standard InChI is InChI=1S/C24H15BrClN3O6/c1-35-19-9-2-12(25)10-18(19)20-21(24(32)27(20)14-5-3-13(26)4-6-14)28-22(30)16-8-7-15(29(33)34)11-17(16)23(28)31/h2-11,20-21H,1H3/t20-,21+/m1/s1. The van der Waals surface area contributed by atoms with Crippen LogP contribution in [0, 0.1) is 10.1 Å². The third kappa shape index (κ3) is 3.57. The molecule has 3 aromatic carbocycles. The Labute approximate surface area is 212 Å². The molecule has 0 bridgehead atoms. The molecule has 0 aromatic heterocycles. The second-order valence-corrected chi connectivity index (χ2v) is 9.28. The zero-order chi connectivity index (χ0) is 25.0. The molecule has 3 amide bonds. The van der Waals surface area contributed by atoms with Gasteiger partial charge in [0.2, 0.25) is 0 Å². The average molecular weight is 557 g/mol. The SMILES string of the molecule is COc1ccc(Br)cc1[C@@H]1[C@H](N2C(=O)c3ccc([N+](=O)[O-])cc3C2=O)C(=O)N1c1ccc(Cl)cc1. The van der Waals surface area contributed by atoms with E-state index in [0.717, 1.165) is 17.0 Å². The minimum absolute atomic E-state index is 0.0123. The molecule has 0 N–H and O–H groups in total. The summed E-state index contributed by atoms with van der Waals surface area (Å²) in [5.74, 6) is -1.47. The third-order valence-electron chi connectivity index (χ3n) is 6.07. The van der Waals surface area contributed by atoms with Gasteiger partial charge in [0.15, 0.2) is 0 Å². The number of non-ortho nitro benzene ring substituents is 1. The molecule has 2 aliphatic rings. The Bertz CT molecular complexity index is 1430. The summed E-state index contributed by atoms with van der Waals surface area (Å²) in [5.41, 5.74) is 0.679. The number of benzene rings is 3. The number of carbonyl (C=O) groups excluding carboxylic acids is 3. The number of nitro benzene ring substituents is 1. The van der Waals surface area contributed by atoms with Crippen molar-refractivity contribution in [3.05, 3.63) is 97.0 Å². The van der Waals surface area contributed by atoms with Gasteiger partial charge in [0.1, 0.15) is 11.8 Å². The first-order chi connectivity index (χ1) is 16.7. The number of amides is 3. The van der Waals surface area contributed by atoms with Gasteiger partial charge in [-0.05, 0) is 48.5 Å². The lowest BCUT2D eigenvalue weighted by molar-refractivity contribution is -0.384. The summed E-state index contributed by atoms with van der Waals surface area (Å²) in [4.78, 5) is 53.0. The molecule has 2 atom stereocenters. The minimum Gasteiger partial charge on any atom is -0.496 e. The topological polar surface area (TPSA) is 110 Å². The van der Waals surface area contributed by atoms with E-state index in [1.54, 1.807) is 42.5 Å². The number of anilines is 1. The maximum atomic E-state index is 13.5. The van der Waals surface area contributed by atoms with Crippen LogP contribution in [0.5, 0.6) is 5.75 Å². The van der Waals surface area contributed by atoms with E-state index in [1.807, 2.05) is 0 Å². The Kier molecular flexibility index (Phi) is 5.57. The molecule has 2 aliphatic heterocycles. The molecule has 5 rings (SSSR count). The summed E-state index contributed by atoms with van der Waals surface area (Å²) in [7, 11) is 1.48. The van der Waals surface area contributed by atoms with Crippen molar-refractivity contribution in [1.29, 1.82) is 0 Å². The van der Waals surface area contributed by atoms with E-state index >= 15 is 0 Å². The average Bonchev–Trinajstić information content (AvgIpc) is 3.08. The van der Waals surface area contributed by atoms with Gasteiger partial charge in [-0.25, -0.2) is 0 Å². The van der Waals surface area contributed by atoms with Gasteiger partial charge in [0.25, 0.3) is 23.4 Å². The van der Waals surface area contributed by atoms with Gasteiger partial charge < -0.3 is 9.64 Å². The molecule has 0 aliphatic carbocycles. The first-order valence-electron chi connectivity index (χ1n) is 10.3. The van der Waals surface area contributed by atoms with Crippen LogP contribution in [0.3, 0.4) is 0 Å². The van der Waals surface area contributed by atoms with Crippen molar-refractivity contribution >= 4 is 56.6 Å². The zero-order valence-electron chi connectivity index (χ0n) is 18.0. The number of ether oxygens (including phenoxy) is 1. The van der Waals surface area contributed by atoms with Gasteiger partial charge >= 0.3 is 0 Å². The van der Waals surface area contributed by atoms with Crippen LogP contribution in [0.15, 0.2) is 65.1 Å². The van der Waals surface area contributed by atoms with Gasteiger partial charge in [0.05, 0.1) is 29.2 Å². The van der Waals surface area contributed by atoms with Crippen LogP contribution < -0.4 is 9.64 Å². The van der Waals surface area contributed by atoms with Crippen LogP contribution in [-0.4, -0.2) is 40.7 Å². The van der Waals surface area contributed by atoms with E-state index in [4.69, 9.17) is 16.3 Å². The zero-order valence-corrected chi connectivity index (χ0v) is 20.3. The number of nitrogens with zero attached hydrogens (tertiary/aromatic N) is 3. The Morgan fingerprint density at radius 3 is 2.26 bits per heavy atom. The second-order valence-electron chi connectivity index (χ2n) is 7.93. The molecule has 0 spiro atoms. The molecule has 0 radical (unpaired) electrons. The Morgan fingerprint density at radius 2 is 1.60 bits per heavy atom. The number of hydrogen-bond donors (Lipinski definition) is 0. The summed E-state index contributed by atoms with van der Waals surface area (Å²) in [5, 5.41) is 11.7. The van der Waals surface area contributed by atoms with Crippen molar-refractivity contribution in [2.24, 2.45) is 0 Å². The van der Waals surface area contributed by atoms with E-state index in [2.05, 4.69) is 15.9 Å². The van der Waals surface area contributed by atoms with Crippen LogP contribution in [0.1, 0.15) is 32.3 Å². The molecule has 1 saturated heterocycles. The smallest absolute Gasteiger partial charge is 0.270 e. The van der Waals surface area contributed by atoms with Crippen molar-refractivity contribution in [3.63, 3.8) is 0 Å². The minimum atomic E-state index is -1.18. The van der Waals surface area contributed by atoms with Crippen molar-refractivity contribution in [3.8, 4) is 5.75 Å². The van der Waals surface area contributed by atoms with Crippen molar-refractivity contribution in [2.75, 3.05) is 12.0 Å². The number of fused-ring (bicyclic) bond motifs is 1. The lowest BCUT2D eigenvalue weighted by Gasteiger charge is -2.50. The molecule has 2 heterocycles. The highest BCUT2D eigenvalue weighted by molar-refractivity contribution is 9.10. The predicted molar refractivity (Wildman–Crippen MR) is 130 cm³/mol. The van der Waals surface area contributed by atoms with Gasteiger partial charge in [-0.2, -0.15) is 0 Å². The van der Waals surface area contributed by atoms with Crippen molar-refractivity contribution in [2.45, 2.75) is 12.1 Å². The van der Waals surface area contributed by atoms with Crippen LogP contribution >= 0.6 is 27.5 Å². The number of β-lactam (4-membered cyclic amide) rings is 1. The maximum absolute atomic E-state index is 13.5. The summed E-state index contributed by atoms with van der Waals surface area (Å²) < 4.78 is 6.23. The number of halogens is 2. The highest BCUT2D eigenvalue weighted by Crippen LogP contribution is 2.47. The maximum Gasteiger partial charge on any atom is 0.270 e. The largest absolute Gasteiger partial charge is 0.496 e. The number of rotatable bonds is 5. The van der Waals surface area contributed by atoms with Crippen LogP contribution in [0.25, 0.3) is 0 Å². The first kappa shape index (κ1) is 23.0. The lowest BCUT2D eigenvalue weighted by Crippen LogP contribution is -2.67. The third-order valence-corrected chi connectivity index (χ3v) is 6.82. The molecule has 0 saturated carbocycles. The lowest BCUT2D eigenvalue weighted by atomic mass is 9.85. The van der Waals surface area contributed by atoms with Gasteiger partial charge in [-0.15, -0.1) is 0 Å². The second kappa shape index (κ2) is 8.47. The molecule has 176 valence electrons. The first-order valence-corrected chi connectivity index (χ1v) is 11.5. The molecule has 3 aromatic rings. The molecule has 9 nitrogen and oxygen atoms in total. The summed E-state index contributed by atoms with van der Waals surface area (Å²) in [6.07, 6.45) is 0. The fourth-order valence-electron chi connectivity index (χ4n) is 4.47. The molecule has 0 unspecified atom stereocenters. The van der Waals surface area contributed by atoms with E-state index in [9.17, 15) is 24.5 Å². The number of nitro groups is 1.